The first-order valence-corrected chi connectivity index (χ1v) is 7.03. The minimum Gasteiger partial charge on any atom is -0.481 e. The van der Waals surface area contributed by atoms with Crippen molar-refractivity contribution in [3.05, 3.63) is 0 Å². The fourth-order valence-corrected chi connectivity index (χ4v) is 3.08. The third-order valence-corrected chi connectivity index (χ3v) is 4.86. The molecule has 2 rings (SSSR count). The van der Waals surface area contributed by atoms with Crippen molar-refractivity contribution in [2.24, 2.45) is 11.3 Å². The molecule has 5 heteroatoms. The maximum atomic E-state index is 12.2. The largest absolute Gasteiger partial charge is 0.481 e. The van der Waals surface area contributed by atoms with Crippen molar-refractivity contribution in [2.75, 3.05) is 13.1 Å². The van der Waals surface area contributed by atoms with Crippen molar-refractivity contribution in [3.8, 4) is 0 Å². The molecule has 1 heterocycles. The first-order chi connectivity index (χ1) is 8.79. The van der Waals surface area contributed by atoms with Crippen LogP contribution in [0.1, 0.15) is 46.0 Å². The number of carboxylic acid groups (broad SMARTS) is 1. The first kappa shape index (κ1) is 14.3. The second kappa shape index (κ2) is 4.78. The van der Waals surface area contributed by atoms with Gasteiger partial charge in [-0.25, -0.2) is 0 Å². The van der Waals surface area contributed by atoms with E-state index in [1.54, 1.807) is 4.90 Å². The predicted molar refractivity (Wildman–Crippen MR) is 69.5 cm³/mol. The van der Waals surface area contributed by atoms with Gasteiger partial charge >= 0.3 is 5.97 Å². The van der Waals surface area contributed by atoms with Crippen molar-refractivity contribution < 1.29 is 19.8 Å². The molecule has 2 aliphatic rings. The average Bonchev–Trinajstić information content (AvgIpc) is 2.74. The summed E-state index contributed by atoms with van der Waals surface area (Å²) >= 11 is 0. The normalized spacial score (nSPS) is 24.3. The topological polar surface area (TPSA) is 77.8 Å². The number of nitrogens with zero attached hydrogens (tertiary/aromatic N) is 1. The highest BCUT2D eigenvalue weighted by Crippen LogP contribution is 2.42. The number of carboxylic acids is 1. The van der Waals surface area contributed by atoms with E-state index < -0.39 is 17.0 Å². The van der Waals surface area contributed by atoms with Gasteiger partial charge in [-0.3, -0.25) is 9.59 Å². The molecule has 0 atom stereocenters. The van der Waals surface area contributed by atoms with Gasteiger partial charge in [-0.1, -0.05) is 26.7 Å². The van der Waals surface area contributed by atoms with Crippen LogP contribution < -0.4 is 0 Å². The summed E-state index contributed by atoms with van der Waals surface area (Å²) in [7, 11) is 0. The third kappa shape index (κ3) is 2.48. The number of likely N-dealkylation sites (tertiary alicyclic amines) is 1. The van der Waals surface area contributed by atoms with E-state index in [0.29, 0.717) is 25.9 Å². The zero-order valence-electron chi connectivity index (χ0n) is 11.7. The molecule has 0 aromatic heterocycles. The molecule has 0 aromatic rings. The average molecular weight is 269 g/mol. The number of hydrogen-bond acceptors (Lipinski definition) is 3. The summed E-state index contributed by atoms with van der Waals surface area (Å²) in [6.45, 7) is 4.52. The Morgan fingerprint density at radius 1 is 1.21 bits per heavy atom. The molecule has 0 unspecified atom stereocenters. The zero-order valence-corrected chi connectivity index (χ0v) is 11.7. The Morgan fingerprint density at radius 2 is 1.74 bits per heavy atom. The number of β-amino-alcohol motifs (C(OH)–C–C–N with tert-alkyl or cyclic N) is 1. The summed E-state index contributed by atoms with van der Waals surface area (Å²) < 4.78 is 0. The van der Waals surface area contributed by atoms with E-state index in [0.717, 1.165) is 12.8 Å². The van der Waals surface area contributed by atoms with Crippen molar-refractivity contribution in [2.45, 2.75) is 51.6 Å². The van der Waals surface area contributed by atoms with E-state index in [4.69, 9.17) is 0 Å². The van der Waals surface area contributed by atoms with Crippen LogP contribution in [-0.4, -0.2) is 45.7 Å². The molecule has 2 N–H and O–H groups in total. The van der Waals surface area contributed by atoms with Crippen molar-refractivity contribution in [1.82, 2.24) is 4.90 Å². The van der Waals surface area contributed by atoms with Gasteiger partial charge in [-0.15, -0.1) is 0 Å². The van der Waals surface area contributed by atoms with Crippen molar-refractivity contribution >= 4 is 11.9 Å². The zero-order chi connectivity index (χ0) is 14.3. The van der Waals surface area contributed by atoms with Crippen LogP contribution in [-0.2, 0) is 9.59 Å². The van der Waals surface area contributed by atoms with E-state index in [-0.39, 0.29) is 18.2 Å². The van der Waals surface area contributed by atoms with Gasteiger partial charge in [0, 0.05) is 6.42 Å². The smallest absolute Gasteiger partial charge is 0.310 e. The number of aliphatic hydroxyl groups is 1. The highest BCUT2D eigenvalue weighted by atomic mass is 16.4. The van der Waals surface area contributed by atoms with Gasteiger partial charge in [0.15, 0.2) is 0 Å². The molecule has 1 amide bonds. The molecule has 1 saturated carbocycles. The van der Waals surface area contributed by atoms with Gasteiger partial charge in [0.25, 0.3) is 0 Å². The van der Waals surface area contributed by atoms with Crippen LogP contribution >= 0.6 is 0 Å². The summed E-state index contributed by atoms with van der Waals surface area (Å²) in [6.07, 6.45) is 3.04. The van der Waals surface area contributed by atoms with Gasteiger partial charge in [-0.05, 0) is 18.8 Å². The van der Waals surface area contributed by atoms with Gasteiger partial charge in [0.05, 0.1) is 18.5 Å². The lowest BCUT2D eigenvalue weighted by atomic mass is 9.79. The van der Waals surface area contributed by atoms with Crippen LogP contribution in [0.15, 0.2) is 0 Å². The lowest BCUT2D eigenvalue weighted by Crippen LogP contribution is -2.66. The van der Waals surface area contributed by atoms with E-state index >= 15 is 0 Å². The monoisotopic (exact) mass is 269 g/mol. The van der Waals surface area contributed by atoms with E-state index in [1.165, 1.54) is 0 Å². The van der Waals surface area contributed by atoms with E-state index in [9.17, 15) is 19.8 Å². The Hall–Kier alpha value is -1.10. The Morgan fingerprint density at radius 3 is 2.16 bits per heavy atom. The molecule has 19 heavy (non-hydrogen) atoms. The Kier molecular flexibility index (Phi) is 3.60. The third-order valence-electron chi connectivity index (χ3n) is 4.86. The molecule has 0 radical (unpaired) electrons. The standard InChI is InChI=1S/C14H23NO4/c1-10(2)14(19)8-15(9-14)11(16)7-13(12(17)18)5-3-4-6-13/h10,19H,3-9H2,1-2H3,(H,17,18). The quantitative estimate of drug-likeness (QED) is 0.805. The van der Waals surface area contributed by atoms with Crippen LogP contribution in [0.25, 0.3) is 0 Å². The number of rotatable bonds is 4. The number of amides is 1. The van der Waals surface area contributed by atoms with Gasteiger partial charge in [-0.2, -0.15) is 0 Å². The summed E-state index contributed by atoms with van der Waals surface area (Å²) in [5.41, 5.74) is -1.65. The molecule has 0 bridgehead atoms. The molecule has 0 aromatic carbocycles. The number of carbonyl (C=O) groups is 2. The van der Waals surface area contributed by atoms with Gasteiger partial charge in [0.2, 0.25) is 5.91 Å². The summed E-state index contributed by atoms with van der Waals surface area (Å²) in [6, 6.07) is 0. The second-order valence-corrected chi connectivity index (χ2v) is 6.48. The summed E-state index contributed by atoms with van der Waals surface area (Å²) in [5, 5.41) is 19.5. The van der Waals surface area contributed by atoms with Crippen molar-refractivity contribution in [1.29, 1.82) is 0 Å². The summed E-state index contributed by atoms with van der Waals surface area (Å²) in [4.78, 5) is 25.1. The molecule has 1 saturated heterocycles. The molecule has 2 fully saturated rings. The molecular weight excluding hydrogens is 246 g/mol. The molecule has 1 aliphatic heterocycles. The predicted octanol–water partition coefficient (Wildman–Crippen LogP) is 1.25. The Bertz CT molecular complexity index is 379. The van der Waals surface area contributed by atoms with Crippen LogP contribution in [0, 0.1) is 11.3 Å². The molecule has 0 spiro atoms. The maximum absolute atomic E-state index is 12.2. The SMILES string of the molecule is CC(C)C1(O)CN(C(=O)CC2(C(=O)O)CCCC2)C1. The Balaban J connectivity index is 1.94. The minimum atomic E-state index is -0.859. The lowest BCUT2D eigenvalue weighted by molar-refractivity contribution is -0.169. The Labute approximate surface area is 113 Å². The van der Waals surface area contributed by atoms with Gasteiger partial charge < -0.3 is 15.1 Å². The first-order valence-electron chi connectivity index (χ1n) is 7.03. The fourth-order valence-electron chi connectivity index (χ4n) is 3.08. The fraction of sp³-hybridized carbons (Fsp3) is 0.857. The molecule has 1 aliphatic carbocycles. The minimum absolute atomic E-state index is 0.0799. The van der Waals surface area contributed by atoms with Crippen LogP contribution in [0.2, 0.25) is 0 Å². The number of aliphatic carboxylic acids is 1. The van der Waals surface area contributed by atoms with Gasteiger partial charge in [0.1, 0.15) is 5.60 Å². The van der Waals surface area contributed by atoms with Crippen LogP contribution in [0.4, 0.5) is 0 Å². The summed E-state index contributed by atoms with van der Waals surface area (Å²) in [5.74, 6) is -0.871. The van der Waals surface area contributed by atoms with E-state index in [1.807, 2.05) is 13.8 Å². The van der Waals surface area contributed by atoms with E-state index in [2.05, 4.69) is 0 Å². The lowest BCUT2D eigenvalue weighted by Gasteiger charge is -2.49. The highest BCUT2D eigenvalue weighted by Gasteiger charge is 2.49. The second-order valence-electron chi connectivity index (χ2n) is 6.48. The number of hydrogen-bond donors (Lipinski definition) is 2. The number of carbonyl (C=O) groups excluding carboxylic acids is 1. The highest BCUT2D eigenvalue weighted by molar-refractivity contribution is 5.85. The van der Waals surface area contributed by atoms with Crippen LogP contribution in [0.3, 0.4) is 0 Å². The molecule has 5 nitrogen and oxygen atoms in total. The van der Waals surface area contributed by atoms with Crippen LogP contribution in [0.5, 0.6) is 0 Å². The van der Waals surface area contributed by atoms with Crippen molar-refractivity contribution in [3.63, 3.8) is 0 Å². The maximum Gasteiger partial charge on any atom is 0.310 e. The molecular formula is C14H23NO4. The molecule has 108 valence electrons.